The average molecular weight is 254 g/mol. The first kappa shape index (κ1) is 14.8. The van der Waals surface area contributed by atoms with E-state index in [0.29, 0.717) is 6.61 Å². The highest BCUT2D eigenvalue weighted by Gasteiger charge is 1.96. The van der Waals surface area contributed by atoms with Crippen LogP contribution in [0.25, 0.3) is 0 Å². The molecule has 0 amide bonds. The van der Waals surface area contributed by atoms with Crippen molar-refractivity contribution in [3.05, 3.63) is 24.3 Å². The largest absolute Gasteiger partial charge is 0.494 e. The Kier molecular flexibility index (Phi) is 8.01. The van der Waals surface area contributed by atoms with Gasteiger partial charge in [-0.1, -0.05) is 0 Å². The van der Waals surface area contributed by atoms with Gasteiger partial charge in [-0.25, -0.2) is 0 Å². The molecule has 0 radical (unpaired) electrons. The number of nitrogens with two attached hydrogens (primary N) is 1. The number of ether oxygens (including phenoxy) is 2. The van der Waals surface area contributed by atoms with E-state index < -0.39 is 0 Å². The Morgan fingerprint density at radius 1 is 1.00 bits per heavy atom. The van der Waals surface area contributed by atoms with Crippen LogP contribution >= 0.6 is 0 Å². The first-order valence-electron chi connectivity index (χ1n) is 6.83. The fourth-order valence-electron chi connectivity index (χ4n) is 1.67. The molecule has 1 aromatic rings. The van der Waals surface area contributed by atoms with Crippen molar-refractivity contribution in [1.29, 1.82) is 0 Å². The molecule has 0 atom stereocenters. The number of hydrogen-bond donors (Lipinski definition) is 2. The second-order valence-corrected chi connectivity index (χ2v) is 4.18. The minimum atomic E-state index is 0.698. The number of rotatable bonds is 10. The lowest BCUT2D eigenvalue weighted by molar-refractivity contribution is -0.670. The Morgan fingerprint density at radius 2 is 1.67 bits per heavy atom. The minimum absolute atomic E-state index is 0.698. The zero-order chi connectivity index (χ0) is 13.1. The van der Waals surface area contributed by atoms with Crippen molar-refractivity contribution in [2.45, 2.75) is 19.8 Å². The summed E-state index contributed by atoms with van der Waals surface area (Å²) in [6.07, 6.45) is 2.29. The van der Waals surface area contributed by atoms with Crippen LogP contribution in [0.15, 0.2) is 24.3 Å². The molecule has 102 valence electrons. The van der Waals surface area contributed by atoms with Crippen LogP contribution < -0.4 is 20.5 Å². The summed E-state index contributed by atoms with van der Waals surface area (Å²) in [6.45, 7) is 6.76. The molecule has 0 aromatic heterocycles. The Balaban J connectivity index is 2.08. The molecular formula is C14H26N2O2+2. The van der Waals surface area contributed by atoms with Crippen molar-refractivity contribution in [2.24, 2.45) is 0 Å². The van der Waals surface area contributed by atoms with Crippen LogP contribution in [0.1, 0.15) is 19.8 Å². The maximum absolute atomic E-state index is 5.66. The lowest BCUT2D eigenvalue weighted by Gasteiger charge is -2.07. The molecule has 0 aliphatic heterocycles. The molecule has 18 heavy (non-hydrogen) atoms. The monoisotopic (exact) mass is 254 g/mol. The first-order valence-corrected chi connectivity index (χ1v) is 6.83. The molecule has 0 saturated carbocycles. The van der Waals surface area contributed by atoms with Gasteiger partial charge in [-0.05, 0) is 44.0 Å². The highest BCUT2D eigenvalue weighted by atomic mass is 16.5. The van der Waals surface area contributed by atoms with Crippen LogP contribution in [-0.4, -0.2) is 32.8 Å². The zero-order valence-corrected chi connectivity index (χ0v) is 11.4. The van der Waals surface area contributed by atoms with Crippen LogP contribution in [-0.2, 0) is 0 Å². The quantitative estimate of drug-likeness (QED) is 0.580. The van der Waals surface area contributed by atoms with Gasteiger partial charge in [-0.15, -0.1) is 0 Å². The number of benzene rings is 1. The fraction of sp³-hybridized carbons (Fsp3) is 0.571. The molecule has 5 N–H and O–H groups in total. The van der Waals surface area contributed by atoms with Crippen molar-refractivity contribution in [1.82, 2.24) is 0 Å². The van der Waals surface area contributed by atoms with E-state index in [1.54, 1.807) is 0 Å². The topological polar surface area (TPSA) is 62.7 Å². The summed E-state index contributed by atoms with van der Waals surface area (Å²) < 4.78 is 11.0. The SMILES string of the molecule is CCOc1ccc(OCCCC[NH2+]CC[NH3+])cc1. The molecule has 1 aromatic carbocycles. The van der Waals surface area contributed by atoms with Crippen molar-refractivity contribution in [3.63, 3.8) is 0 Å². The van der Waals surface area contributed by atoms with Crippen LogP contribution in [0, 0.1) is 0 Å². The average Bonchev–Trinajstić information content (AvgIpc) is 2.40. The van der Waals surface area contributed by atoms with Crippen molar-refractivity contribution < 1.29 is 20.5 Å². The Bertz CT molecular complexity index is 301. The smallest absolute Gasteiger partial charge is 0.125 e. The second kappa shape index (κ2) is 9.74. The van der Waals surface area contributed by atoms with Crippen LogP contribution in [0.3, 0.4) is 0 Å². The molecular weight excluding hydrogens is 228 g/mol. The molecule has 0 fully saturated rings. The summed E-state index contributed by atoms with van der Waals surface area (Å²) in [4.78, 5) is 0. The van der Waals surface area contributed by atoms with Gasteiger partial charge >= 0.3 is 0 Å². The summed E-state index contributed by atoms with van der Waals surface area (Å²) in [5.74, 6) is 1.81. The number of quaternary nitrogens is 2. The number of unbranched alkanes of at least 4 members (excludes halogenated alkanes) is 1. The zero-order valence-electron chi connectivity index (χ0n) is 11.4. The van der Waals surface area contributed by atoms with E-state index in [0.717, 1.165) is 37.6 Å². The molecule has 0 heterocycles. The second-order valence-electron chi connectivity index (χ2n) is 4.18. The van der Waals surface area contributed by atoms with E-state index in [1.165, 1.54) is 13.0 Å². The Hall–Kier alpha value is -1.26. The molecule has 0 spiro atoms. The van der Waals surface area contributed by atoms with Crippen LogP contribution in [0.2, 0.25) is 0 Å². The molecule has 1 rings (SSSR count). The summed E-state index contributed by atoms with van der Waals surface area (Å²) in [6, 6.07) is 7.81. The van der Waals surface area contributed by atoms with Gasteiger partial charge in [0.2, 0.25) is 0 Å². The van der Waals surface area contributed by atoms with Gasteiger partial charge in [0.25, 0.3) is 0 Å². The molecule has 0 unspecified atom stereocenters. The van der Waals surface area contributed by atoms with Crippen molar-refractivity contribution >= 4 is 0 Å². The van der Waals surface area contributed by atoms with Crippen LogP contribution in [0.4, 0.5) is 0 Å². The normalized spacial score (nSPS) is 10.3. The Labute approximate surface area is 109 Å². The van der Waals surface area contributed by atoms with Gasteiger partial charge in [-0.2, -0.15) is 0 Å². The molecule has 4 nitrogen and oxygen atoms in total. The first-order chi connectivity index (χ1) is 8.86. The summed E-state index contributed by atoms with van der Waals surface area (Å²) >= 11 is 0. The number of hydrogen-bond acceptors (Lipinski definition) is 2. The van der Waals surface area contributed by atoms with Crippen molar-refractivity contribution in [3.8, 4) is 11.5 Å². The van der Waals surface area contributed by atoms with Gasteiger partial charge in [0.1, 0.15) is 24.6 Å². The molecule has 4 heteroatoms. The fourth-order valence-corrected chi connectivity index (χ4v) is 1.67. The van der Waals surface area contributed by atoms with E-state index in [-0.39, 0.29) is 0 Å². The summed E-state index contributed by atoms with van der Waals surface area (Å²) in [7, 11) is 0. The Morgan fingerprint density at radius 3 is 2.28 bits per heavy atom. The minimum Gasteiger partial charge on any atom is -0.494 e. The third-order valence-corrected chi connectivity index (χ3v) is 2.61. The molecule has 0 aliphatic rings. The standard InChI is InChI=1S/C14H24N2O2/c1-2-17-13-5-7-14(8-6-13)18-12-4-3-10-16-11-9-15/h5-8,16H,2-4,9-12,15H2,1H3/p+2. The van der Waals surface area contributed by atoms with E-state index in [1.807, 2.05) is 31.2 Å². The van der Waals surface area contributed by atoms with E-state index in [4.69, 9.17) is 9.47 Å². The lowest BCUT2D eigenvalue weighted by Crippen LogP contribution is -2.88. The highest BCUT2D eigenvalue weighted by Crippen LogP contribution is 2.17. The predicted molar refractivity (Wildman–Crippen MR) is 71.8 cm³/mol. The molecule has 0 bridgehead atoms. The molecule has 0 aliphatic carbocycles. The third-order valence-electron chi connectivity index (χ3n) is 2.61. The highest BCUT2D eigenvalue weighted by molar-refractivity contribution is 5.31. The van der Waals surface area contributed by atoms with Crippen molar-refractivity contribution in [2.75, 3.05) is 32.8 Å². The maximum Gasteiger partial charge on any atom is 0.125 e. The lowest BCUT2D eigenvalue weighted by atomic mass is 10.3. The van der Waals surface area contributed by atoms with Gasteiger partial charge in [0.15, 0.2) is 0 Å². The summed E-state index contributed by atoms with van der Waals surface area (Å²) in [5.41, 5.74) is 3.81. The summed E-state index contributed by atoms with van der Waals surface area (Å²) in [5, 5.41) is 2.31. The van der Waals surface area contributed by atoms with E-state index in [2.05, 4.69) is 11.1 Å². The van der Waals surface area contributed by atoms with E-state index in [9.17, 15) is 0 Å². The van der Waals surface area contributed by atoms with Gasteiger partial charge in [0, 0.05) is 0 Å². The third kappa shape index (κ3) is 6.47. The van der Waals surface area contributed by atoms with E-state index >= 15 is 0 Å². The predicted octanol–water partition coefficient (Wildman–Crippen LogP) is 0.0496. The molecule has 0 saturated heterocycles. The van der Waals surface area contributed by atoms with Gasteiger partial charge in [0.05, 0.1) is 19.8 Å². The van der Waals surface area contributed by atoms with Gasteiger partial charge in [-0.3, -0.25) is 0 Å². The maximum atomic E-state index is 5.66. The van der Waals surface area contributed by atoms with Gasteiger partial charge < -0.3 is 20.5 Å². The van der Waals surface area contributed by atoms with Crippen LogP contribution in [0.5, 0.6) is 11.5 Å².